The first-order valence-corrected chi connectivity index (χ1v) is 26.8. The van der Waals surface area contributed by atoms with E-state index in [-0.39, 0.29) is 103 Å². The van der Waals surface area contributed by atoms with E-state index in [2.05, 4.69) is 36.9 Å². The van der Waals surface area contributed by atoms with Crippen LogP contribution in [0.15, 0.2) is 29.3 Å². The van der Waals surface area contributed by atoms with Gasteiger partial charge < -0.3 is 92.9 Å². The van der Waals surface area contributed by atoms with Crippen molar-refractivity contribution in [3.8, 4) is 0 Å². The Morgan fingerprint density at radius 1 is 0.692 bits per heavy atom. The number of nitrogens with one attached hydrogen (secondary N) is 6. The molecule has 0 aromatic heterocycles. The van der Waals surface area contributed by atoms with Gasteiger partial charge in [0.25, 0.3) is 0 Å². The van der Waals surface area contributed by atoms with Crippen molar-refractivity contribution in [2.45, 2.75) is 158 Å². The molecule has 1 aliphatic heterocycles. The minimum atomic E-state index is -1.60. The van der Waals surface area contributed by atoms with Gasteiger partial charge in [-0.05, 0) is 134 Å². The summed E-state index contributed by atoms with van der Waals surface area (Å²) in [4.78, 5) is 127. The van der Waals surface area contributed by atoms with Crippen molar-refractivity contribution in [2.24, 2.45) is 56.8 Å². The Balaban J connectivity index is 2.29. The number of unbranched alkanes of at least 4 members (excludes halogenated alkanes) is 2. The zero-order valence-corrected chi connectivity index (χ0v) is 44.6. The van der Waals surface area contributed by atoms with Crippen LogP contribution in [0.2, 0.25) is 0 Å². The van der Waals surface area contributed by atoms with Crippen LogP contribution in [-0.2, 0) is 49.6 Å². The second-order valence-electron chi connectivity index (χ2n) is 19.4. The number of aliphatic hydroxyl groups excluding tert-OH is 1. The van der Waals surface area contributed by atoms with Gasteiger partial charge in [-0.3, -0.25) is 48.1 Å². The molecule has 0 saturated carbocycles. The normalized spacial score (nSPS) is 16.2. The number of carboxylic acid groups (broad SMARTS) is 1. The molecule has 1 saturated heterocycles. The summed E-state index contributed by atoms with van der Waals surface area (Å²) in [5, 5.41) is 35.8. The molecular formula is C50H87FN16O11. The Morgan fingerprint density at radius 3 is 1.94 bits per heavy atom. The number of Topliss-reactive ketones (excluding diaryl/α,β-unsaturated/α-hetero) is 1. The number of amides is 7. The third-order valence-corrected chi connectivity index (χ3v) is 13.1. The maximum absolute atomic E-state index is 14.5. The highest BCUT2D eigenvalue weighted by Crippen LogP contribution is 2.21. The zero-order valence-electron chi connectivity index (χ0n) is 44.6. The van der Waals surface area contributed by atoms with Crippen molar-refractivity contribution >= 4 is 59.1 Å². The Kier molecular flexibility index (Phi) is 32.4. The first kappa shape index (κ1) is 67.7. The number of hydrogen-bond acceptors (Lipinski definition) is 17. The van der Waals surface area contributed by atoms with Crippen LogP contribution >= 0.6 is 0 Å². The lowest BCUT2D eigenvalue weighted by atomic mass is 9.93. The van der Waals surface area contributed by atoms with E-state index < -0.39 is 126 Å². The molecule has 9 atom stereocenters. The molecule has 0 bridgehead atoms. The van der Waals surface area contributed by atoms with Gasteiger partial charge in [-0.1, -0.05) is 18.6 Å². The molecule has 7 amide bonds. The van der Waals surface area contributed by atoms with Crippen molar-refractivity contribution in [1.29, 1.82) is 0 Å². The molecule has 0 aliphatic carbocycles. The topological polar surface area (TPSA) is 490 Å². The number of nitrogens with zero attached hydrogens (tertiary/aromatic N) is 2. The van der Waals surface area contributed by atoms with Crippen molar-refractivity contribution in [3.63, 3.8) is 0 Å². The largest absolute Gasteiger partial charge is 0.481 e. The van der Waals surface area contributed by atoms with E-state index in [0.717, 1.165) is 0 Å². The molecule has 1 aromatic carbocycles. The number of guanidine groups is 1. The predicted molar refractivity (Wildman–Crippen MR) is 288 cm³/mol. The van der Waals surface area contributed by atoms with Crippen molar-refractivity contribution in [3.05, 3.63) is 35.6 Å². The molecular weight excluding hydrogens is 1020 g/mol. The summed E-state index contributed by atoms with van der Waals surface area (Å²) in [6, 6.07) is -3.47. The Bertz CT molecular complexity index is 2120. The lowest BCUT2D eigenvalue weighted by Crippen LogP contribution is -2.61. The Labute approximate surface area is 454 Å². The van der Waals surface area contributed by atoms with Crippen molar-refractivity contribution < 1.29 is 57.8 Å². The highest BCUT2D eigenvalue weighted by atomic mass is 19.1. The first-order chi connectivity index (χ1) is 37.2. The van der Waals surface area contributed by atoms with Crippen LogP contribution in [0.4, 0.5) is 4.39 Å². The molecule has 440 valence electrons. The summed E-state index contributed by atoms with van der Waals surface area (Å²) in [5.41, 5.74) is 45.4. The summed E-state index contributed by atoms with van der Waals surface area (Å²) >= 11 is 0. The number of benzene rings is 1. The van der Waals surface area contributed by atoms with Gasteiger partial charge in [0, 0.05) is 32.5 Å². The van der Waals surface area contributed by atoms with E-state index in [4.69, 9.17) is 45.9 Å². The Morgan fingerprint density at radius 2 is 1.32 bits per heavy atom. The van der Waals surface area contributed by atoms with Crippen molar-refractivity contribution in [2.75, 3.05) is 52.4 Å². The second kappa shape index (κ2) is 37.4. The average Bonchev–Trinajstić information content (AvgIpc) is 3.91. The molecule has 24 N–H and O–H groups in total. The number of carbonyl (C=O) groups is 9. The number of carbonyl (C=O) groups excluding carboxylic acids is 8. The quantitative estimate of drug-likeness (QED) is 0.0167. The molecule has 28 heteroatoms. The summed E-state index contributed by atoms with van der Waals surface area (Å²) in [6.07, 6.45) is 1.99. The fourth-order valence-corrected chi connectivity index (χ4v) is 8.73. The number of likely N-dealkylation sites (tertiary alicyclic amines) is 1. The maximum atomic E-state index is 14.5. The number of nitrogens with two attached hydrogens (primary N) is 8. The average molecular weight is 1110 g/mol. The molecule has 0 spiro atoms. The standard InChI is InChI=1S/C50H87FN16O11/c51-32-12-5-10-30(26-32)27-37(45(73)63-34(14-2-4-21-53)39(68)19-18-31(49(77)78)11-8-24-60-50(58)59)65-46(74)38-17-9-25-67(38)48(76)36(16-7-23-55)62-41(70)29-61-44(72)35(15-6-22-54)64-47(75)42(40(69)28-56)66-43(71)33(57)13-1-3-20-52/h5,10,12,26,31,33-38,40,42,69H,1-4,6-9,11,13-25,27-29,52-57H2,(H,61,72)(H,62,70)(H,63,73)(H,64,75)(H,65,74)(H,66,71)(H,77,78)(H4,58,59,60)/t31?,33-,34-,35-,36+,37?,38-,40-,42-/m0/s1. The SMILES string of the molecule is NCCCC[C@H](NC(=O)C(Cc1cccc(F)c1)NC(=O)[C@@H]1CCCN1C(=O)[C@@H](CCCN)NC(=O)CNC(=O)[C@H](CCCN)NC(=O)[C@@H](NC(=O)[C@@H](N)CCCCN)[C@@H](O)CN)C(=O)CCC(CCCN=C(N)N)C(=O)O. The molecule has 2 rings (SSSR count). The molecule has 1 aliphatic rings. The number of carboxylic acids is 1. The third kappa shape index (κ3) is 24.9. The van der Waals surface area contributed by atoms with E-state index >= 15 is 0 Å². The van der Waals surface area contributed by atoms with E-state index in [9.17, 15) is 57.8 Å². The van der Waals surface area contributed by atoms with Crippen LogP contribution in [0.25, 0.3) is 0 Å². The predicted octanol–water partition coefficient (Wildman–Crippen LogP) is -4.61. The van der Waals surface area contributed by atoms with Crippen LogP contribution in [0.3, 0.4) is 0 Å². The molecule has 2 unspecified atom stereocenters. The fraction of sp³-hybridized carbons (Fsp3) is 0.680. The van der Waals surface area contributed by atoms with Gasteiger partial charge in [-0.15, -0.1) is 0 Å². The number of aliphatic imine (C=N–C) groups is 1. The van der Waals surface area contributed by atoms with Gasteiger partial charge in [0.1, 0.15) is 36.0 Å². The van der Waals surface area contributed by atoms with E-state index in [1.807, 2.05) is 0 Å². The molecule has 1 aromatic rings. The molecule has 78 heavy (non-hydrogen) atoms. The molecule has 0 radical (unpaired) electrons. The van der Waals surface area contributed by atoms with Crippen LogP contribution in [-0.4, -0.2) is 175 Å². The van der Waals surface area contributed by atoms with Crippen LogP contribution in [0.1, 0.15) is 108 Å². The maximum Gasteiger partial charge on any atom is 0.306 e. The highest BCUT2D eigenvalue weighted by molar-refractivity contribution is 5.97. The summed E-state index contributed by atoms with van der Waals surface area (Å²) < 4.78 is 14.5. The van der Waals surface area contributed by atoms with E-state index in [0.29, 0.717) is 57.2 Å². The zero-order chi connectivity index (χ0) is 58.2. The first-order valence-electron chi connectivity index (χ1n) is 26.8. The second-order valence-corrected chi connectivity index (χ2v) is 19.4. The van der Waals surface area contributed by atoms with Crippen LogP contribution < -0.4 is 77.8 Å². The number of hydrogen-bond donors (Lipinski definition) is 16. The highest BCUT2D eigenvalue weighted by Gasteiger charge is 2.40. The van der Waals surface area contributed by atoms with Gasteiger partial charge in [-0.25, -0.2) is 4.39 Å². The van der Waals surface area contributed by atoms with Gasteiger partial charge in [0.2, 0.25) is 41.4 Å². The fourth-order valence-electron chi connectivity index (χ4n) is 8.73. The van der Waals surface area contributed by atoms with Crippen molar-refractivity contribution in [1.82, 2.24) is 36.8 Å². The molecule has 1 heterocycles. The van der Waals surface area contributed by atoms with Gasteiger partial charge in [0.15, 0.2) is 11.7 Å². The van der Waals surface area contributed by atoms with E-state index in [1.165, 1.54) is 23.1 Å². The Hall–Kier alpha value is -6.43. The number of ketones is 1. The van der Waals surface area contributed by atoms with Gasteiger partial charge in [0.05, 0.1) is 30.7 Å². The monoisotopic (exact) mass is 1110 g/mol. The summed E-state index contributed by atoms with van der Waals surface area (Å²) in [5.74, 6) is -8.77. The van der Waals surface area contributed by atoms with Gasteiger partial charge in [-0.2, -0.15) is 0 Å². The van der Waals surface area contributed by atoms with Crippen LogP contribution in [0.5, 0.6) is 0 Å². The number of rotatable bonds is 40. The molecule has 1 fully saturated rings. The van der Waals surface area contributed by atoms with Gasteiger partial charge >= 0.3 is 5.97 Å². The third-order valence-electron chi connectivity index (χ3n) is 13.1. The lowest BCUT2D eigenvalue weighted by molar-refractivity contribution is -0.143. The number of aliphatic hydroxyl groups is 1. The minimum absolute atomic E-state index is 0.0125. The summed E-state index contributed by atoms with van der Waals surface area (Å²) in [7, 11) is 0. The summed E-state index contributed by atoms with van der Waals surface area (Å²) in [6.45, 7) is 0.0861. The van der Waals surface area contributed by atoms with Crippen LogP contribution in [0, 0.1) is 11.7 Å². The minimum Gasteiger partial charge on any atom is -0.481 e. The molecule has 27 nitrogen and oxygen atoms in total. The number of aliphatic carboxylic acids is 1. The number of halogens is 1. The smallest absolute Gasteiger partial charge is 0.306 e. The van der Waals surface area contributed by atoms with E-state index in [1.54, 1.807) is 6.07 Å². The lowest BCUT2D eigenvalue weighted by Gasteiger charge is -2.30.